The van der Waals surface area contributed by atoms with Gasteiger partial charge in [0.25, 0.3) is 0 Å². The zero-order chi connectivity index (χ0) is 16.7. The van der Waals surface area contributed by atoms with Crippen LogP contribution >= 0.6 is 0 Å². The van der Waals surface area contributed by atoms with E-state index < -0.39 is 0 Å². The van der Waals surface area contributed by atoms with E-state index in [0.717, 1.165) is 12.1 Å². The Morgan fingerprint density at radius 2 is 2.30 bits per heavy atom. The van der Waals surface area contributed by atoms with Crippen LogP contribution in [-0.4, -0.2) is 45.4 Å². The summed E-state index contributed by atoms with van der Waals surface area (Å²) in [7, 11) is 1.61. The monoisotopic (exact) mass is 322 g/mol. The largest absolute Gasteiger partial charge is 0.493 e. The van der Waals surface area contributed by atoms with Gasteiger partial charge in [0.2, 0.25) is 5.91 Å². The number of hydrogen-bond donors (Lipinski definition) is 2. The molecule has 1 aliphatic heterocycles. The van der Waals surface area contributed by atoms with Gasteiger partial charge in [0.15, 0.2) is 11.5 Å². The highest BCUT2D eigenvalue weighted by Crippen LogP contribution is 2.30. The van der Waals surface area contributed by atoms with E-state index in [0.29, 0.717) is 37.7 Å². The molecule has 23 heavy (non-hydrogen) atoms. The molecular weight excluding hydrogens is 296 g/mol. The maximum atomic E-state index is 12.2. The first-order valence-corrected chi connectivity index (χ1v) is 8.05. The van der Waals surface area contributed by atoms with Gasteiger partial charge < -0.3 is 24.8 Å². The Balaban J connectivity index is 1.93. The van der Waals surface area contributed by atoms with Crippen LogP contribution in [0.25, 0.3) is 0 Å². The van der Waals surface area contributed by atoms with Crippen LogP contribution in [0.5, 0.6) is 11.5 Å². The molecule has 0 aromatic heterocycles. The summed E-state index contributed by atoms with van der Waals surface area (Å²) in [5.41, 5.74) is 0.978. The standard InChI is InChI=1S/C17H26N2O4/c1-4-23-15-6-5-13(9-16(15)21-3)12(2)19-17(20)10-14-11-22-8-7-18-14/h5-6,9,12,14,18H,4,7-8,10-11H2,1-3H3,(H,19,20). The van der Waals surface area contributed by atoms with Crippen LogP contribution in [0.2, 0.25) is 0 Å². The second-order valence-electron chi connectivity index (χ2n) is 5.56. The van der Waals surface area contributed by atoms with Gasteiger partial charge in [-0.25, -0.2) is 0 Å². The summed E-state index contributed by atoms with van der Waals surface area (Å²) in [5, 5.41) is 6.30. The number of benzene rings is 1. The normalized spacial score (nSPS) is 19.0. The summed E-state index contributed by atoms with van der Waals surface area (Å²) in [4.78, 5) is 12.2. The highest BCUT2D eigenvalue weighted by atomic mass is 16.5. The van der Waals surface area contributed by atoms with Gasteiger partial charge in [-0.05, 0) is 31.5 Å². The third kappa shape index (κ3) is 5.11. The maximum absolute atomic E-state index is 12.2. The molecule has 128 valence electrons. The van der Waals surface area contributed by atoms with E-state index >= 15 is 0 Å². The van der Waals surface area contributed by atoms with Crippen molar-refractivity contribution in [1.29, 1.82) is 0 Å². The molecule has 6 heteroatoms. The summed E-state index contributed by atoms with van der Waals surface area (Å²) in [5.74, 6) is 1.39. The van der Waals surface area contributed by atoms with Crippen molar-refractivity contribution in [2.45, 2.75) is 32.4 Å². The van der Waals surface area contributed by atoms with Crippen molar-refractivity contribution in [3.63, 3.8) is 0 Å². The molecule has 0 aliphatic carbocycles. The average Bonchev–Trinajstić information content (AvgIpc) is 2.56. The second-order valence-corrected chi connectivity index (χ2v) is 5.56. The molecular formula is C17H26N2O4. The van der Waals surface area contributed by atoms with Gasteiger partial charge in [0.05, 0.1) is 33.0 Å². The van der Waals surface area contributed by atoms with Crippen LogP contribution in [-0.2, 0) is 9.53 Å². The smallest absolute Gasteiger partial charge is 0.222 e. The molecule has 1 saturated heterocycles. The molecule has 1 aliphatic rings. The summed E-state index contributed by atoms with van der Waals surface area (Å²) in [6.07, 6.45) is 0.415. The average molecular weight is 322 g/mol. The lowest BCUT2D eigenvalue weighted by Gasteiger charge is -2.24. The Bertz CT molecular complexity index is 515. The number of morpholine rings is 1. The van der Waals surface area contributed by atoms with Crippen molar-refractivity contribution in [3.05, 3.63) is 23.8 Å². The predicted molar refractivity (Wildman–Crippen MR) is 87.9 cm³/mol. The van der Waals surface area contributed by atoms with E-state index in [1.165, 1.54) is 0 Å². The molecule has 2 rings (SSSR count). The van der Waals surface area contributed by atoms with Gasteiger partial charge in [0, 0.05) is 19.0 Å². The van der Waals surface area contributed by atoms with E-state index in [1.54, 1.807) is 7.11 Å². The Morgan fingerprint density at radius 1 is 1.48 bits per heavy atom. The molecule has 0 bridgehead atoms. The fourth-order valence-corrected chi connectivity index (χ4v) is 2.59. The van der Waals surface area contributed by atoms with E-state index in [1.807, 2.05) is 32.0 Å². The van der Waals surface area contributed by atoms with Gasteiger partial charge in [-0.15, -0.1) is 0 Å². The molecule has 2 N–H and O–H groups in total. The summed E-state index contributed by atoms with van der Waals surface area (Å²) in [6.45, 7) is 6.55. The number of amides is 1. The zero-order valence-corrected chi connectivity index (χ0v) is 14.1. The first-order chi connectivity index (χ1) is 11.1. The van der Waals surface area contributed by atoms with Crippen molar-refractivity contribution in [3.8, 4) is 11.5 Å². The first kappa shape index (κ1) is 17.6. The lowest BCUT2D eigenvalue weighted by molar-refractivity contribution is -0.122. The van der Waals surface area contributed by atoms with Crippen LogP contribution in [0.15, 0.2) is 18.2 Å². The minimum Gasteiger partial charge on any atom is -0.493 e. The molecule has 1 fully saturated rings. The van der Waals surface area contributed by atoms with Crippen molar-refractivity contribution in [2.75, 3.05) is 33.5 Å². The molecule has 0 radical (unpaired) electrons. The van der Waals surface area contributed by atoms with Gasteiger partial charge in [-0.1, -0.05) is 6.07 Å². The van der Waals surface area contributed by atoms with Crippen molar-refractivity contribution in [1.82, 2.24) is 10.6 Å². The van der Waals surface area contributed by atoms with Crippen LogP contribution in [0, 0.1) is 0 Å². The molecule has 0 spiro atoms. The van der Waals surface area contributed by atoms with Gasteiger partial charge in [0.1, 0.15) is 0 Å². The maximum Gasteiger partial charge on any atom is 0.222 e. The highest BCUT2D eigenvalue weighted by Gasteiger charge is 2.19. The molecule has 1 aromatic rings. The van der Waals surface area contributed by atoms with Crippen LogP contribution in [0.3, 0.4) is 0 Å². The molecule has 1 heterocycles. The molecule has 1 aromatic carbocycles. The Hall–Kier alpha value is -1.79. The van der Waals surface area contributed by atoms with Crippen molar-refractivity contribution < 1.29 is 19.0 Å². The topological polar surface area (TPSA) is 68.8 Å². The minimum absolute atomic E-state index is 0.00773. The number of carbonyl (C=O) groups excluding carboxylic acids is 1. The third-order valence-corrected chi connectivity index (χ3v) is 3.80. The zero-order valence-electron chi connectivity index (χ0n) is 14.1. The fourth-order valence-electron chi connectivity index (χ4n) is 2.59. The van der Waals surface area contributed by atoms with E-state index in [4.69, 9.17) is 14.2 Å². The molecule has 2 atom stereocenters. The number of methoxy groups -OCH3 is 1. The molecule has 6 nitrogen and oxygen atoms in total. The molecule has 2 unspecified atom stereocenters. The lowest BCUT2D eigenvalue weighted by atomic mass is 10.1. The fraction of sp³-hybridized carbons (Fsp3) is 0.588. The van der Waals surface area contributed by atoms with Crippen LogP contribution in [0.1, 0.15) is 31.9 Å². The van der Waals surface area contributed by atoms with Gasteiger partial charge in [-0.3, -0.25) is 4.79 Å². The van der Waals surface area contributed by atoms with Crippen LogP contribution < -0.4 is 20.1 Å². The van der Waals surface area contributed by atoms with Crippen LogP contribution in [0.4, 0.5) is 0 Å². The van der Waals surface area contributed by atoms with Crippen molar-refractivity contribution >= 4 is 5.91 Å². The summed E-state index contributed by atoms with van der Waals surface area (Å²) < 4.78 is 16.2. The quantitative estimate of drug-likeness (QED) is 0.799. The van der Waals surface area contributed by atoms with E-state index in [9.17, 15) is 4.79 Å². The highest BCUT2D eigenvalue weighted by molar-refractivity contribution is 5.77. The number of carbonyl (C=O) groups is 1. The molecule has 1 amide bonds. The SMILES string of the molecule is CCOc1ccc(C(C)NC(=O)CC2COCCN2)cc1OC. The van der Waals surface area contributed by atoms with E-state index in [2.05, 4.69) is 10.6 Å². The van der Waals surface area contributed by atoms with E-state index in [-0.39, 0.29) is 18.0 Å². The Labute approximate surface area is 137 Å². The minimum atomic E-state index is -0.100. The Kier molecular flexibility index (Phi) is 6.67. The number of hydrogen-bond acceptors (Lipinski definition) is 5. The first-order valence-electron chi connectivity index (χ1n) is 8.05. The predicted octanol–water partition coefficient (Wildman–Crippen LogP) is 1.65. The third-order valence-electron chi connectivity index (χ3n) is 3.80. The lowest BCUT2D eigenvalue weighted by Crippen LogP contribution is -2.44. The second kappa shape index (κ2) is 8.74. The number of nitrogens with one attached hydrogen (secondary N) is 2. The van der Waals surface area contributed by atoms with Gasteiger partial charge in [-0.2, -0.15) is 0 Å². The number of rotatable bonds is 7. The van der Waals surface area contributed by atoms with Gasteiger partial charge >= 0.3 is 0 Å². The number of ether oxygens (including phenoxy) is 3. The molecule has 0 saturated carbocycles. The summed E-state index contributed by atoms with van der Waals surface area (Å²) >= 11 is 0. The van der Waals surface area contributed by atoms with Crippen molar-refractivity contribution in [2.24, 2.45) is 0 Å². The summed E-state index contributed by atoms with van der Waals surface area (Å²) in [6, 6.07) is 5.71. The Morgan fingerprint density at radius 3 is 2.96 bits per heavy atom.